The van der Waals surface area contributed by atoms with Crippen LogP contribution in [0.1, 0.15) is 130 Å². The summed E-state index contributed by atoms with van der Waals surface area (Å²) < 4.78 is 0. The van der Waals surface area contributed by atoms with Gasteiger partial charge in [0.25, 0.3) is 0 Å². The second kappa shape index (κ2) is 39.1. The van der Waals surface area contributed by atoms with Crippen LogP contribution in [-0.4, -0.2) is 37.0 Å². The van der Waals surface area contributed by atoms with Crippen molar-refractivity contribution in [2.45, 2.75) is 119 Å². The Morgan fingerprint density at radius 1 is 0.465 bits per heavy atom. The van der Waals surface area contributed by atoms with Crippen molar-refractivity contribution in [2.75, 3.05) is 37.0 Å². The molecule has 0 aromatic heterocycles. The fourth-order valence-electron chi connectivity index (χ4n) is 4.28. The average Bonchev–Trinajstić information content (AvgIpc) is 3.05. The van der Waals surface area contributed by atoms with E-state index in [1.165, 1.54) is 77.0 Å². The molecule has 0 radical (unpaired) electrons. The molecule has 0 amide bonds. The third-order valence-electron chi connectivity index (χ3n) is 7.07. The van der Waals surface area contributed by atoms with Gasteiger partial charge in [-0.15, -0.1) is 12.8 Å². The number of unbranched alkanes of at least 4 members (excludes halogenated alkanes) is 6. The summed E-state index contributed by atoms with van der Waals surface area (Å²) in [5, 5.41) is 0. The Hall–Kier alpha value is -0.892. The maximum atomic E-state index is 5.09. The summed E-state index contributed by atoms with van der Waals surface area (Å²) in [4.78, 5) is 0. The van der Waals surface area contributed by atoms with Crippen molar-refractivity contribution in [3.8, 4) is 24.7 Å². The Bertz CT molecular complexity index is 742. The van der Waals surface area contributed by atoms with E-state index in [1.54, 1.807) is 61.2 Å². The Labute approximate surface area is 287 Å². The minimum absolute atomic E-state index is 0. The van der Waals surface area contributed by atoms with Gasteiger partial charge in [0.1, 0.15) is 0 Å². The molecule has 0 aliphatic carbocycles. The van der Waals surface area contributed by atoms with Gasteiger partial charge in [-0.2, -0.15) is 60.7 Å². The van der Waals surface area contributed by atoms with Crippen LogP contribution < -0.4 is 0 Å². The van der Waals surface area contributed by atoms with Crippen molar-refractivity contribution in [2.24, 2.45) is 0 Å². The zero-order valence-electron chi connectivity index (χ0n) is 28.8. The third-order valence-corrected chi connectivity index (χ3v) is 13.4. The summed E-state index contributed by atoms with van der Waals surface area (Å²) in [6, 6.07) is 20.3. The van der Waals surface area contributed by atoms with E-state index in [9.17, 15) is 0 Å². The summed E-state index contributed by atoms with van der Waals surface area (Å²) in [6.45, 7) is 13.9. The minimum Gasteiger partial charge on any atom is -0.184 e. The number of hydrogen-bond donors (Lipinski definition) is 0. The molecule has 2 aromatic rings. The van der Waals surface area contributed by atoms with E-state index in [0.717, 1.165) is 11.1 Å². The standard InChI is InChI=1S/2C12H27P.2C8H5.Pt/c2*1-4-7-10-13(11-8-5-2)12-9-6-3;2*1-2-8-6-4-3-5-7-8;/h2*4-12H2,1-3H3;2*1,4-7H;/q;;2*-1;+2/p+2. The van der Waals surface area contributed by atoms with Crippen LogP contribution in [0.5, 0.6) is 0 Å². The van der Waals surface area contributed by atoms with Crippen LogP contribution in [0.25, 0.3) is 0 Å². The van der Waals surface area contributed by atoms with Crippen LogP contribution in [0.4, 0.5) is 0 Å². The molecule has 2 aromatic carbocycles. The summed E-state index contributed by atoms with van der Waals surface area (Å²) in [5.74, 6) is 5.01. The average molecular weight is 804 g/mol. The van der Waals surface area contributed by atoms with E-state index in [0.29, 0.717) is 0 Å². The largest absolute Gasteiger partial charge is 2.00 e. The van der Waals surface area contributed by atoms with Gasteiger partial charge < -0.3 is 0 Å². The van der Waals surface area contributed by atoms with E-state index in [4.69, 9.17) is 12.8 Å². The van der Waals surface area contributed by atoms with Gasteiger partial charge in [0, 0.05) is 15.8 Å². The smallest absolute Gasteiger partial charge is 0.184 e. The summed E-state index contributed by atoms with van der Waals surface area (Å²) in [6.07, 6.45) is 37.0. The first-order chi connectivity index (χ1) is 20.6. The van der Waals surface area contributed by atoms with Crippen LogP contribution in [0.3, 0.4) is 0 Å². The predicted molar refractivity (Wildman–Crippen MR) is 202 cm³/mol. The van der Waals surface area contributed by atoms with E-state index in [-0.39, 0.29) is 36.9 Å². The zero-order valence-corrected chi connectivity index (χ0v) is 33.1. The zero-order chi connectivity index (χ0) is 31.5. The molecule has 0 nitrogen and oxygen atoms in total. The first-order valence-corrected chi connectivity index (χ1v) is 21.3. The van der Waals surface area contributed by atoms with E-state index >= 15 is 0 Å². The summed E-state index contributed by atoms with van der Waals surface area (Å²) >= 11 is 0. The summed E-state index contributed by atoms with van der Waals surface area (Å²) in [5.41, 5.74) is 1.81. The second-order valence-corrected chi connectivity index (χ2v) is 17.0. The Balaban J connectivity index is -0.000000503. The van der Waals surface area contributed by atoms with E-state index in [1.807, 2.05) is 24.3 Å². The molecule has 244 valence electrons. The molecule has 0 spiro atoms. The molecule has 0 atom stereocenters. The molecule has 0 bridgehead atoms. The van der Waals surface area contributed by atoms with Crippen LogP contribution in [0.2, 0.25) is 0 Å². The second-order valence-electron chi connectivity index (χ2n) is 11.0. The molecule has 2 rings (SSSR count). The van der Waals surface area contributed by atoms with Gasteiger partial charge >= 0.3 is 21.1 Å². The third kappa shape index (κ3) is 33.8. The quantitative estimate of drug-likeness (QED) is 0.0800. The van der Waals surface area contributed by atoms with Crippen molar-refractivity contribution >= 4 is 15.8 Å². The van der Waals surface area contributed by atoms with Gasteiger partial charge in [-0.3, -0.25) is 0 Å². The maximum absolute atomic E-state index is 5.09. The molecule has 43 heavy (non-hydrogen) atoms. The van der Waals surface area contributed by atoms with Gasteiger partial charge in [-0.25, -0.2) is 0 Å². The van der Waals surface area contributed by atoms with E-state index < -0.39 is 0 Å². The SMILES string of the molecule is C#Cc1cc[c-]cc1.C#Cc1cc[c-]cc1.CCCC[PH+](CCCC)CCCC.CCCC[PH+](CCCC)CCCC.[Pt+2]. The fourth-order valence-corrected chi connectivity index (χ4v) is 10.9. The Kier molecular flexibility index (Phi) is 42.3. The van der Waals surface area contributed by atoms with Crippen LogP contribution in [0, 0.1) is 36.8 Å². The Morgan fingerprint density at radius 2 is 0.674 bits per heavy atom. The molecular formula is C40H66P2Pt+2. The molecule has 3 heteroatoms. The molecule has 0 aliphatic rings. The number of terminal acetylenes is 2. The van der Waals surface area contributed by atoms with Gasteiger partial charge in [-0.1, -0.05) is 103 Å². The normalized spacial score (nSPS) is 9.63. The molecule has 0 fully saturated rings. The molecule has 0 unspecified atom stereocenters. The molecule has 0 heterocycles. The number of hydrogen-bond acceptors (Lipinski definition) is 0. The van der Waals surface area contributed by atoms with Crippen molar-refractivity contribution < 1.29 is 21.1 Å². The number of rotatable bonds is 18. The van der Waals surface area contributed by atoms with Crippen molar-refractivity contribution in [3.05, 3.63) is 71.8 Å². The predicted octanol–water partition coefficient (Wildman–Crippen LogP) is 12.1. The van der Waals surface area contributed by atoms with Crippen molar-refractivity contribution in [1.82, 2.24) is 0 Å². The van der Waals surface area contributed by atoms with Crippen LogP contribution >= 0.6 is 15.8 Å². The molecular weight excluding hydrogens is 737 g/mol. The van der Waals surface area contributed by atoms with Crippen LogP contribution in [-0.2, 0) is 21.1 Å². The first-order valence-electron chi connectivity index (χ1n) is 17.1. The summed E-state index contributed by atoms with van der Waals surface area (Å²) in [7, 11) is 0.135. The van der Waals surface area contributed by atoms with Gasteiger partial charge in [0.05, 0.1) is 37.0 Å². The van der Waals surface area contributed by atoms with Gasteiger partial charge in [-0.05, 0) is 38.5 Å². The van der Waals surface area contributed by atoms with Crippen molar-refractivity contribution in [3.63, 3.8) is 0 Å². The van der Waals surface area contributed by atoms with Gasteiger partial charge in [0.2, 0.25) is 0 Å². The maximum Gasteiger partial charge on any atom is 2.00 e. The molecule has 0 aliphatic heterocycles. The van der Waals surface area contributed by atoms with Gasteiger partial charge in [0.15, 0.2) is 0 Å². The molecule has 0 saturated heterocycles. The number of benzene rings is 2. The van der Waals surface area contributed by atoms with Crippen LogP contribution in [0.15, 0.2) is 48.5 Å². The topological polar surface area (TPSA) is 0 Å². The molecule has 0 saturated carbocycles. The van der Waals surface area contributed by atoms with E-state index in [2.05, 4.69) is 65.5 Å². The monoisotopic (exact) mass is 803 g/mol. The minimum atomic E-state index is 0. The fraction of sp³-hybridized carbons (Fsp3) is 0.600. The van der Waals surface area contributed by atoms with Crippen molar-refractivity contribution in [1.29, 1.82) is 0 Å². The first kappa shape index (κ1) is 46.5. The molecule has 0 N–H and O–H groups in total. The Morgan fingerprint density at radius 3 is 0.814 bits per heavy atom.